The second-order valence-corrected chi connectivity index (χ2v) is 5.24. The maximum atomic E-state index is 3.38. The van der Waals surface area contributed by atoms with E-state index in [1.807, 2.05) is 0 Å². The van der Waals surface area contributed by atoms with Gasteiger partial charge in [0.2, 0.25) is 0 Å². The van der Waals surface area contributed by atoms with Crippen molar-refractivity contribution in [2.24, 2.45) is 0 Å². The molecule has 0 unspecified atom stereocenters. The van der Waals surface area contributed by atoms with Crippen LogP contribution in [0.1, 0.15) is 44.4 Å². The molecule has 1 radical (unpaired) electrons. The summed E-state index contributed by atoms with van der Waals surface area (Å²) in [5.41, 5.74) is 5.80. The molecule has 0 aromatic heterocycles. The van der Waals surface area contributed by atoms with Crippen molar-refractivity contribution in [2.45, 2.75) is 39.5 Å². The zero-order valence-electron chi connectivity index (χ0n) is 10.7. The standard InChI is InChI=1S/C14H17.2ClH.Zr/c1-10-7-11-5-6-13(14(2,3)4)9-12(11)8-10;;;/h6-7,9H,8H2,1-4H3;2*1H;/q-1;;;+3/p-2. The minimum absolute atomic E-state index is 0. The van der Waals surface area contributed by atoms with E-state index in [0.29, 0.717) is 0 Å². The summed E-state index contributed by atoms with van der Waals surface area (Å²) in [6, 6.07) is 7.84. The van der Waals surface area contributed by atoms with Gasteiger partial charge in [0.05, 0.1) is 0 Å². The van der Waals surface area contributed by atoms with Gasteiger partial charge < -0.3 is 24.8 Å². The first-order chi connectivity index (χ1) is 6.47. The number of hydrogen-bond donors (Lipinski definition) is 0. The van der Waals surface area contributed by atoms with Crippen molar-refractivity contribution >= 4 is 6.08 Å². The number of benzene rings is 1. The van der Waals surface area contributed by atoms with Gasteiger partial charge in [-0.1, -0.05) is 27.7 Å². The third-order valence-corrected chi connectivity index (χ3v) is 2.78. The molecule has 0 N–H and O–H groups in total. The fourth-order valence-electron chi connectivity index (χ4n) is 1.87. The topological polar surface area (TPSA) is 0 Å². The molecule has 17 heavy (non-hydrogen) atoms. The van der Waals surface area contributed by atoms with Crippen LogP contribution in [0.4, 0.5) is 0 Å². The van der Waals surface area contributed by atoms with E-state index in [0.717, 1.165) is 6.42 Å². The number of rotatable bonds is 0. The summed E-state index contributed by atoms with van der Waals surface area (Å²) in [6.45, 7) is 8.93. The van der Waals surface area contributed by atoms with Gasteiger partial charge in [0, 0.05) is 0 Å². The number of fused-ring (bicyclic) bond motifs is 1. The van der Waals surface area contributed by atoms with E-state index in [2.05, 4.69) is 52.0 Å². The molecular weight excluding hydrogens is 330 g/mol. The predicted octanol–water partition coefficient (Wildman–Crippen LogP) is -2.25. The van der Waals surface area contributed by atoms with Crippen LogP contribution in [-0.4, -0.2) is 0 Å². The average molecular weight is 347 g/mol. The van der Waals surface area contributed by atoms with E-state index < -0.39 is 0 Å². The number of hydrogen-bond acceptors (Lipinski definition) is 0. The quantitative estimate of drug-likeness (QED) is 0.465. The maximum absolute atomic E-state index is 3.38. The van der Waals surface area contributed by atoms with Crippen LogP contribution in [0.2, 0.25) is 0 Å². The molecule has 1 aliphatic rings. The first-order valence-corrected chi connectivity index (χ1v) is 5.19. The van der Waals surface area contributed by atoms with Gasteiger partial charge in [-0.05, 0) is 11.8 Å². The third-order valence-electron chi connectivity index (χ3n) is 2.78. The van der Waals surface area contributed by atoms with Gasteiger partial charge in [0.15, 0.2) is 0 Å². The fraction of sp³-hybridized carbons (Fsp3) is 0.429. The van der Waals surface area contributed by atoms with Crippen molar-refractivity contribution in [3.8, 4) is 0 Å². The zero-order valence-corrected chi connectivity index (χ0v) is 14.7. The largest absolute Gasteiger partial charge is 3.00 e. The summed E-state index contributed by atoms with van der Waals surface area (Å²) in [7, 11) is 0. The summed E-state index contributed by atoms with van der Waals surface area (Å²) >= 11 is 0. The summed E-state index contributed by atoms with van der Waals surface area (Å²) in [4.78, 5) is 0. The summed E-state index contributed by atoms with van der Waals surface area (Å²) in [5, 5.41) is 0. The Morgan fingerprint density at radius 2 is 1.76 bits per heavy atom. The monoisotopic (exact) mass is 345 g/mol. The van der Waals surface area contributed by atoms with Crippen molar-refractivity contribution in [3.05, 3.63) is 40.5 Å². The van der Waals surface area contributed by atoms with Crippen LogP contribution >= 0.6 is 0 Å². The molecule has 0 fully saturated rings. The van der Waals surface area contributed by atoms with Crippen molar-refractivity contribution in [1.82, 2.24) is 0 Å². The van der Waals surface area contributed by atoms with Gasteiger partial charge in [0.1, 0.15) is 0 Å². The van der Waals surface area contributed by atoms with E-state index in [-0.39, 0.29) is 56.4 Å². The summed E-state index contributed by atoms with van der Waals surface area (Å²) in [5.74, 6) is 0. The molecule has 1 aromatic carbocycles. The van der Waals surface area contributed by atoms with Crippen LogP contribution in [0, 0.1) is 6.07 Å². The third kappa shape index (κ3) is 4.54. The molecule has 3 heteroatoms. The average Bonchev–Trinajstić information content (AvgIpc) is 2.41. The predicted molar refractivity (Wildman–Crippen MR) is 61.3 cm³/mol. The Bertz CT molecular complexity index is 403. The molecule has 1 aromatic rings. The normalized spacial score (nSPS) is 12.6. The maximum Gasteiger partial charge on any atom is 3.00 e. The molecule has 0 spiro atoms. The fourth-order valence-corrected chi connectivity index (χ4v) is 1.87. The molecule has 1 aliphatic carbocycles. The zero-order chi connectivity index (χ0) is 10.3. The van der Waals surface area contributed by atoms with Gasteiger partial charge in [-0.3, -0.25) is 0 Å². The van der Waals surface area contributed by atoms with E-state index in [1.54, 1.807) is 0 Å². The minimum Gasteiger partial charge on any atom is -1.00 e. The van der Waals surface area contributed by atoms with Gasteiger partial charge in [-0.2, -0.15) is 0 Å². The molecule has 0 atom stereocenters. The SMILES string of the molecule is CC1=Cc2[c-]cc(C(C)(C)C)cc2C1.[Cl-].[Cl-].[Zr+3]. The van der Waals surface area contributed by atoms with Crippen molar-refractivity contribution < 1.29 is 51.0 Å². The van der Waals surface area contributed by atoms with Gasteiger partial charge in [-0.15, -0.1) is 46.5 Å². The molecule has 0 bridgehead atoms. The Kier molecular flexibility index (Phi) is 8.27. The molecule has 0 saturated heterocycles. The molecule has 0 saturated carbocycles. The number of allylic oxidation sites excluding steroid dienone is 1. The first kappa shape index (κ1) is 19.8. The molecule has 0 nitrogen and oxygen atoms in total. The Morgan fingerprint density at radius 3 is 2.29 bits per heavy atom. The van der Waals surface area contributed by atoms with Gasteiger partial charge >= 0.3 is 26.2 Å². The minimum atomic E-state index is 0. The number of halogens is 2. The molecule has 2 rings (SSSR count). The van der Waals surface area contributed by atoms with Crippen molar-refractivity contribution in [1.29, 1.82) is 0 Å². The van der Waals surface area contributed by atoms with E-state index in [1.165, 1.54) is 22.3 Å². The Balaban J connectivity index is 0. The van der Waals surface area contributed by atoms with Crippen molar-refractivity contribution in [2.75, 3.05) is 0 Å². The Morgan fingerprint density at radius 1 is 1.18 bits per heavy atom. The molecular formula is C14H17Cl2Zr. The molecule has 0 amide bonds. The van der Waals surface area contributed by atoms with Crippen LogP contribution in [-0.2, 0) is 38.0 Å². The smallest absolute Gasteiger partial charge is 1.00 e. The van der Waals surface area contributed by atoms with E-state index in [9.17, 15) is 0 Å². The van der Waals surface area contributed by atoms with Crippen molar-refractivity contribution in [3.63, 3.8) is 0 Å². The van der Waals surface area contributed by atoms with E-state index >= 15 is 0 Å². The summed E-state index contributed by atoms with van der Waals surface area (Å²) < 4.78 is 0. The van der Waals surface area contributed by atoms with Crippen LogP contribution in [0.3, 0.4) is 0 Å². The molecule has 0 aliphatic heterocycles. The van der Waals surface area contributed by atoms with E-state index in [4.69, 9.17) is 0 Å². The van der Waals surface area contributed by atoms with Gasteiger partial charge in [-0.25, -0.2) is 0 Å². The molecule has 0 heterocycles. The Labute approximate surface area is 136 Å². The van der Waals surface area contributed by atoms with Crippen LogP contribution in [0.5, 0.6) is 0 Å². The Hall–Kier alpha value is 0.423. The first-order valence-electron chi connectivity index (χ1n) is 5.19. The second kappa shape index (κ2) is 7.12. The van der Waals surface area contributed by atoms with Gasteiger partial charge in [0.25, 0.3) is 0 Å². The van der Waals surface area contributed by atoms with Crippen LogP contribution < -0.4 is 24.8 Å². The summed E-state index contributed by atoms with van der Waals surface area (Å²) in [6.07, 6.45) is 3.34. The van der Waals surface area contributed by atoms with Crippen LogP contribution in [0.25, 0.3) is 6.08 Å². The van der Waals surface area contributed by atoms with Crippen LogP contribution in [0.15, 0.2) is 17.7 Å². The second-order valence-electron chi connectivity index (χ2n) is 5.24. The molecule has 91 valence electrons.